The molecule has 2 rings (SSSR count). The monoisotopic (exact) mass is 242 g/mol. The lowest BCUT2D eigenvalue weighted by atomic mass is 10.2. The quantitative estimate of drug-likeness (QED) is 0.678. The number of carbonyl (C=O) groups excluding carboxylic acids is 1. The molecule has 0 spiro atoms. The minimum absolute atomic E-state index is 0.0579. The van der Waals surface area contributed by atoms with Crippen LogP contribution in [-0.4, -0.2) is 60.3 Å². The molecule has 96 valence electrons. The van der Waals surface area contributed by atoms with Crippen molar-refractivity contribution in [2.45, 2.75) is 31.5 Å². The molecule has 2 atom stereocenters. The lowest BCUT2D eigenvalue weighted by Gasteiger charge is -2.23. The highest BCUT2D eigenvalue weighted by molar-refractivity contribution is 5.82. The van der Waals surface area contributed by atoms with Crippen LogP contribution in [0.4, 0.5) is 0 Å². The predicted molar refractivity (Wildman–Crippen MR) is 59.6 cm³/mol. The van der Waals surface area contributed by atoms with E-state index in [0.29, 0.717) is 19.4 Å². The van der Waals surface area contributed by atoms with Crippen LogP contribution in [0.3, 0.4) is 0 Å². The maximum absolute atomic E-state index is 12.1. The fraction of sp³-hybridized carbons (Fsp3) is 0.818. The summed E-state index contributed by atoms with van der Waals surface area (Å²) in [5.74, 6) is -1.03. The molecule has 0 saturated carbocycles. The first-order valence-corrected chi connectivity index (χ1v) is 6.06. The van der Waals surface area contributed by atoms with Crippen LogP contribution in [0.25, 0.3) is 0 Å². The summed E-state index contributed by atoms with van der Waals surface area (Å²) in [5.41, 5.74) is 0. The van der Waals surface area contributed by atoms with Gasteiger partial charge < -0.3 is 20.1 Å². The van der Waals surface area contributed by atoms with E-state index in [-0.39, 0.29) is 5.91 Å². The molecule has 2 aliphatic heterocycles. The second-order valence-electron chi connectivity index (χ2n) is 4.46. The molecule has 6 nitrogen and oxygen atoms in total. The number of aliphatic carboxylic acids is 1. The van der Waals surface area contributed by atoms with Crippen LogP contribution in [0, 0.1) is 0 Å². The topological polar surface area (TPSA) is 78.9 Å². The summed E-state index contributed by atoms with van der Waals surface area (Å²) in [4.78, 5) is 24.6. The van der Waals surface area contributed by atoms with Crippen LogP contribution < -0.4 is 5.32 Å². The summed E-state index contributed by atoms with van der Waals surface area (Å²) in [6.07, 6.45) is 0.501. The highest BCUT2D eigenvalue weighted by atomic mass is 16.5. The fourth-order valence-electron chi connectivity index (χ4n) is 2.27. The Morgan fingerprint density at radius 1 is 1.18 bits per heavy atom. The van der Waals surface area contributed by atoms with Gasteiger partial charge in [0.05, 0.1) is 0 Å². The average Bonchev–Trinajstić information content (AvgIpc) is 2.65. The van der Waals surface area contributed by atoms with E-state index in [1.54, 1.807) is 4.90 Å². The molecule has 17 heavy (non-hydrogen) atoms. The first-order chi connectivity index (χ1) is 8.18. The first kappa shape index (κ1) is 12.3. The molecule has 0 radical (unpaired) electrons. The number of ether oxygens (including phenoxy) is 1. The molecule has 2 saturated heterocycles. The lowest BCUT2D eigenvalue weighted by molar-refractivity contribution is -0.154. The van der Waals surface area contributed by atoms with Gasteiger partial charge in [-0.15, -0.1) is 0 Å². The van der Waals surface area contributed by atoms with Gasteiger partial charge in [-0.05, 0) is 25.8 Å². The number of rotatable bonds is 2. The third kappa shape index (κ3) is 2.95. The molecular formula is C11H18N2O4. The molecule has 0 aromatic rings. The van der Waals surface area contributed by atoms with Gasteiger partial charge in [0.25, 0.3) is 5.91 Å². The Bertz CT molecular complexity index is 300. The SMILES string of the molecule is O=C(O)[C@H]1CC[C@@H](C(=O)N2CCCNCC2)O1. The summed E-state index contributed by atoms with van der Waals surface area (Å²) in [6, 6.07) is 0. The minimum atomic E-state index is -0.974. The van der Waals surface area contributed by atoms with Gasteiger partial charge in [0.1, 0.15) is 6.10 Å². The van der Waals surface area contributed by atoms with Gasteiger partial charge >= 0.3 is 5.97 Å². The maximum atomic E-state index is 12.1. The molecular weight excluding hydrogens is 224 g/mol. The molecule has 0 bridgehead atoms. The van der Waals surface area contributed by atoms with Crippen molar-refractivity contribution in [1.82, 2.24) is 10.2 Å². The second-order valence-corrected chi connectivity index (χ2v) is 4.46. The van der Waals surface area contributed by atoms with E-state index in [1.807, 2.05) is 0 Å². The Morgan fingerprint density at radius 3 is 2.65 bits per heavy atom. The van der Waals surface area contributed by atoms with Crippen molar-refractivity contribution >= 4 is 11.9 Å². The molecule has 2 fully saturated rings. The fourth-order valence-corrected chi connectivity index (χ4v) is 2.27. The molecule has 6 heteroatoms. The number of carbonyl (C=O) groups is 2. The number of hydrogen-bond donors (Lipinski definition) is 2. The zero-order chi connectivity index (χ0) is 12.3. The van der Waals surface area contributed by atoms with Crippen molar-refractivity contribution < 1.29 is 19.4 Å². The Morgan fingerprint density at radius 2 is 1.94 bits per heavy atom. The summed E-state index contributed by atoms with van der Waals surface area (Å²) >= 11 is 0. The highest BCUT2D eigenvalue weighted by Crippen LogP contribution is 2.21. The Hall–Kier alpha value is -1.14. The number of nitrogens with zero attached hydrogens (tertiary/aromatic N) is 1. The molecule has 0 aliphatic carbocycles. The van der Waals surface area contributed by atoms with Crippen molar-refractivity contribution in [2.24, 2.45) is 0 Å². The second kappa shape index (κ2) is 5.46. The summed E-state index contributed by atoms with van der Waals surface area (Å²) in [6.45, 7) is 3.12. The number of carboxylic acid groups (broad SMARTS) is 1. The number of carboxylic acids is 1. The van der Waals surface area contributed by atoms with Crippen molar-refractivity contribution in [3.05, 3.63) is 0 Å². The van der Waals surface area contributed by atoms with E-state index in [9.17, 15) is 9.59 Å². The van der Waals surface area contributed by atoms with Gasteiger partial charge in [-0.1, -0.05) is 0 Å². The molecule has 2 heterocycles. The average molecular weight is 242 g/mol. The lowest BCUT2D eigenvalue weighted by Crippen LogP contribution is -2.41. The van der Waals surface area contributed by atoms with Gasteiger partial charge in [-0.3, -0.25) is 4.79 Å². The smallest absolute Gasteiger partial charge is 0.332 e. The van der Waals surface area contributed by atoms with Crippen LogP contribution >= 0.6 is 0 Å². The number of hydrogen-bond acceptors (Lipinski definition) is 4. The Balaban J connectivity index is 1.89. The van der Waals surface area contributed by atoms with Gasteiger partial charge in [-0.25, -0.2) is 4.79 Å². The van der Waals surface area contributed by atoms with E-state index in [2.05, 4.69) is 5.32 Å². The highest BCUT2D eigenvalue weighted by Gasteiger charge is 2.36. The normalized spacial score (nSPS) is 30.0. The van der Waals surface area contributed by atoms with Crippen molar-refractivity contribution in [3.8, 4) is 0 Å². The van der Waals surface area contributed by atoms with Crippen LogP contribution in [0.2, 0.25) is 0 Å². The van der Waals surface area contributed by atoms with Crippen LogP contribution in [-0.2, 0) is 14.3 Å². The zero-order valence-electron chi connectivity index (χ0n) is 9.72. The third-order valence-electron chi connectivity index (χ3n) is 3.22. The summed E-state index contributed by atoms with van der Waals surface area (Å²) < 4.78 is 5.27. The maximum Gasteiger partial charge on any atom is 0.332 e. The number of amides is 1. The van der Waals surface area contributed by atoms with Crippen molar-refractivity contribution in [1.29, 1.82) is 0 Å². The molecule has 1 amide bonds. The van der Waals surface area contributed by atoms with E-state index in [0.717, 1.165) is 26.1 Å². The van der Waals surface area contributed by atoms with Gasteiger partial charge in [0, 0.05) is 19.6 Å². The largest absolute Gasteiger partial charge is 0.479 e. The van der Waals surface area contributed by atoms with E-state index < -0.39 is 18.2 Å². The molecule has 2 N–H and O–H groups in total. The van der Waals surface area contributed by atoms with E-state index >= 15 is 0 Å². The standard InChI is InChI=1S/C11H18N2O4/c14-10(13-6-1-4-12-5-7-13)8-2-3-9(17-8)11(15)16/h8-9,12H,1-7H2,(H,15,16)/t8-,9+/m0/s1. The minimum Gasteiger partial charge on any atom is -0.479 e. The van der Waals surface area contributed by atoms with Crippen LogP contribution in [0.5, 0.6) is 0 Å². The molecule has 0 unspecified atom stereocenters. The third-order valence-corrected chi connectivity index (χ3v) is 3.22. The van der Waals surface area contributed by atoms with E-state index in [1.165, 1.54) is 0 Å². The Kier molecular flexibility index (Phi) is 3.96. The summed E-state index contributed by atoms with van der Waals surface area (Å²) in [5, 5.41) is 12.0. The van der Waals surface area contributed by atoms with Gasteiger partial charge in [0.15, 0.2) is 6.10 Å². The number of nitrogens with one attached hydrogen (secondary N) is 1. The molecule has 0 aromatic carbocycles. The zero-order valence-corrected chi connectivity index (χ0v) is 9.72. The van der Waals surface area contributed by atoms with Crippen LogP contribution in [0.1, 0.15) is 19.3 Å². The van der Waals surface area contributed by atoms with E-state index in [4.69, 9.17) is 9.84 Å². The molecule has 2 aliphatic rings. The Labute approximate surface area is 99.9 Å². The van der Waals surface area contributed by atoms with Crippen molar-refractivity contribution in [3.63, 3.8) is 0 Å². The van der Waals surface area contributed by atoms with Gasteiger partial charge in [-0.2, -0.15) is 0 Å². The van der Waals surface area contributed by atoms with Crippen molar-refractivity contribution in [2.75, 3.05) is 26.2 Å². The van der Waals surface area contributed by atoms with Gasteiger partial charge in [0.2, 0.25) is 0 Å². The predicted octanol–water partition coefficient (Wildman–Crippen LogP) is -0.559. The van der Waals surface area contributed by atoms with Crippen LogP contribution in [0.15, 0.2) is 0 Å². The summed E-state index contributed by atoms with van der Waals surface area (Å²) in [7, 11) is 0. The first-order valence-electron chi connectivity index (χ1n) is 6.06. The molecule has 0 aromatic heterocycles.